The topological polar surface area (TPSA) is 29.9 Å². The molecule has 0 saturated heterocycles. The fourth-order valence-electron chi connectivity index (χ4n) is 2.45. The number of hydrogen-bond donors (Lipinski definition) is 1. The molecule has 0 fully saturated rings. The lowest BCUT2D eigenvalue weighted by Gasteiger charge is -2.03. The van der Waals surface area contributed by atoms with Crippen LogP contribution in [0.4, 0.5) is 0 Å². The van der Waals surface area contributed by atoms with Crippen molar-refractivity contribution in [3.63, 3.8) is 0 Å². The fraction of sp³-hybridized carbons (Fsp3) is 0.312. The molecule has 0 aliphatic rings. The Kier molecular flexibility index (Phi) is 4.73. The maximum Gasteiger partial charge on any atom is 0.140 e. The smallest absolute Gasteiger partial charge is 0.140 e. The second kappa shape index (κ2) is 6.73. The molecule has 3 rings (SSSR count). The third kappa shape index (κ3) is 3.20. The van der Waals surface area contributed by atoms with Gasteiger partial charge in [0, 0.05) is 33.7 Å². The number of pyridine rings is 1. The van der Waals surface area contributed by atoms with Crippen LogP contribution in [-0.4, -0.2) is 16.1 Å². The van der Waals surface area contributed by atoms with Crippen LogP contribution in [0.5, 0.6) is 0 Å². The molecule has 0 amide bonds. The Bertz CT molecular complexity index is 732. The van der Waals surface area contributed by atoms with E-state index in [9.17, 15) is 0 Å². The summed E-state index contributed by atoms with van der Waals surface area (Å²) in [5.74, 6) is 0. The predicted octanol–water partition coefficient (Wildman–Crippen LogP) is 4.41. The van der Waals surface area contributed by atoms with Gasteiger partial charge in [0.15, 0.2) is 0 Å². The largest absolute Gasteiger partial charge is 0.327 e. The second-order valence-electron chi connectivity index (χ2n) is 5.03. The highest BCUT2D eigenvalue weighted by Crippen LogP contribution is 2.26. The van der Waals surface area contributed by atoms with Gasteiger partial charge in [-0.05, 0) is 58.0 Å². The van der Waals surface area contributed by atoms with Crippen LogP contribution in [-0.2, 0) is 13.1 Å². The summed E-state index contributed by atoms with van der Waals surface area (Å²) in [6, 6.07) is 6.27. The summed E-state index contributed by atoms with van der Waals surface area (Å²) in [4.78, 5) is 5.89. The van der Waals surface area contributed by atoms with Gasteiger partial charge >= 0.3 is 0 Å². The summed E-state index contributed by atoms with van der Waals surface area (Å²) in [5.41, 5.74) is 2.38. The first-order valence-corrected chi connectivity index (χ1v) is 8.82. The van der Waals surface area contributed by atoms with Crippen molar-refractivity contribution >= 4 is 38.3 Å². The van der Waals surface area contributed by atoms with Gasteiger partial charge in [-0.2, -0.15) is 0 Å². The quantitative estimate of drug-likeness (QED) is 0.657. The summed E-state index contributed by atoms with van der Waals surface area (Å²) in [6.07, 6.45) is 5.25. The van der Waals surface area contributed by atoms with Gasteiger partial charge < -0.3 is 9.88 Å². The molecule has 1 N–H and O–H groups in total. The molecule has 0 radical (unpaired) electrons. The minimum Gasteiger partial charge on any atom is -0.327 e. The van der Waals surface area contributed by atoms with Crippen molar-refractivity contribution in [1.82, 2.24) is 14.9 Å². The molecule has 3 heterocycles. The summed E-state index contributed by atoms with van der Waals surface area (Å²) >= 11 is 5.38. The van der Waals surface area contributed by atoms with Crippen LogP contribution in [0.3, 0.4) is 0 Å². The lowest BCUT2D eigenvalue weighted by atomic mass is 10.2. The molecule has 0 aliphatic heterocycles. The van der Waals surface area contributed by atoms with Crippen LogP contribution in [0.15, 0.2) is 40.4 Å². The van der Waals surface area contributed by atoms with E-state index < -0.39 is 0 Å². The standard InChI is InChI=1S/C16H18BrN3S/c1-2-6-18-9-12-10-20(11-15-14(17)5-8-21-15)16-13(12)4-3-7-19-16/h3-5,7-8,10,18H,2,6,9,11H2,1H3. The number of nitrogens with zero attached hydrogens (tertiary/aromatic N) is 2. The molecule has 3 aromatic heterocycles. The minimum absolute atomic E-state index is 0.861. The predicted molar refractivity (Wildman–Crippen MR) is 92.9 cm³/mol. The van der Waals surface area contributed by atoms with Crippen molar-refractivity contribution in [1.29, 1.82) is 0 Å². The molecule has 110 valence electrons. The Balaban J connectivity index is 1.93. The van der Waals surface area contributed by atoms with E-state index in [1.165, 1.54) is 20.3 Å². The van der Waals surface area contributed by atoms with E-state index in [-0.39, 0.29) is 0 Å². The molecule has 21 heavy (non-hydrogen) atoms. The number of nitrogens with one attached hydrogen (secondary N) is 1. The third-order valence-corrected chi connectivity index (χ3v) is 5.37. The number of rotatable bonds is 6. The maximum absolute atomic E-state index is 4.56. The first kappa shape index (κ1) is 14.8. The molecule has 0 saturated carbocycles. The Labute approximate surface area is 137 Å². The number of hydrogen-bond acceptors (Lipinski definition) is 3. The molecule has 5 heteroatoms. The highest BCUT2D eigenvalue weighted by molar-refractivity contribution is 9.10. The van der Waals surface area contributed by atoms with Gasteiger partial charge in [-0.1, -0.05) is 6.92 Å². The average molecular weight is 364 g/mol. The second-order valence-corrected chi connectivity index (χ2v) is 6.88. The molecule has 0 aromatic carbocycles. The minimum atomic E-state index is 0.861. The van der Waals surface area contributed by atoms with Crippen molar-refractivity contribution in [2.45, 2.75) is 26.4 Å². The zero-order valence-electron chi connectivity index (χ0n) is 12.0. The summed E-state index contributed by atoms with van der Waals surface area (Å²) in [7, 11) is 0. The zero-order chi connectivity index (χ0) is 14.7. The molecule has 0 spiro atoms. The molecule has 0 bridgehead atoms. The van der Waals surface area contributed by atoms with Gasteiger partial charge in [0.1, 0.15) is 5.65 Å². The van der Waals surface area contributed by atoms with Crippen LogP contribution >= 0.6 is 27.3 Å². The number of halogens is 1. The molecule has 0 atom stereocenters. The van der Waals surface area contributed by atoms with Crippen molar-refractivity contribution in [2.75, 3.05) is 6.54 Å². The number of thiophene rings is 1. The summed E-state index contributed by atoms with van der Waals surface area (Å²) in [5, 5.41) is 6.84. The van der Waals surface area contributed by atoms with E-state index in [2.05, 4.69) is 61.4 Å². The zero-order valence-corrected chi connectivity index (χ0v) is 14.4. The van der Waals surface area contributed by atoms with Crippen LogP contribution in [0.2, 0.25) is 0 Å². The van der Waals surface area contributed by atoms with Gasteiger partial charge in [-0.3, -0.25) is 0 Å². The van der Waals surface area contributed by atoms with E-state index >= 15 is 0 Å². The van der Waals surface area contributed by atoms with E-state index in [0.29, 0.717) is 0 Å². The molecular formula is C16H18BrN3S. The Morgan fingerprint density at radius 2 is 2.29 bits per heavy atom. The highest BCUT2D eigenvalue weighted by Gasteiger charge is 2.11. The van der Waals surface area contributed by atoms with E-state index in [1.54, 1.807) is 11.3 Å². The molecule has 3 nitrogen and oxygen atoms in total. The van der Waals surface area contributed by atoms with Crippen LogP contribution in [0, 0.1) is 0 Å². The van der Waals surface area contributed by atoms with Gasteiger partial charge in [-0.25, -0.2) is 4.98 Å². The SMILES string of the molecule is CCCNCc1cn(Cc2sccc2Br)c2ncccc12. The summed E-state index contributed by atoms with van der Waals surface area (Å²) < 4.78 is 3.42. The fourth-order valence-corrected chi connectivity index (χ4v) is 3.92. The van der Waals surface area contributed by atoms with E-state index in [4.69, 9.17) is 0 Å². The molecule has 0 aliphatic carbocycles. The molecule has 3 aromatic rings. The van der Waals surface area contributed by atoms with Crippen LogP contribution in [0.25, 0.3) is 11.0 Å². The van der Waals surface area contributed by atoms with Crippen LogP contribution in [0.1, 0.15) is 23.8 Å². The number of fused-ring (bicyclic) bond motifs is 1. The normalized spacial score (nSPS) is 11.3. The average Bonchev–Trinajstić information content (AvgIpc) is 3.05. The highest BCUT2D eigenvalue weighted by atomic mass is 79.9. The van der Waals surface area contributed by atoms with Gasteiger partial charge in [-0.15, -0.1) is 11.3 Å². The van der Waals surface area contributed by atoms with Gasteiger partial charge in [0.25, 0.3) is 0 Å². The Hall–Kier alpha value is -1.17. The monoisotopic (exact) mass is 363 g/mol. The van der Waals surface area contributed by atoms with Crippen molar-refractivity contribution in [2.24, 2.45) is 0 Å². The maximum atomic E-state index is 4.56. The lowest BCUT2D eigenvalue weighted by Crippen LogP contribution is -2.13. The third-order valence-electron chi connectivity index (χ3n) is 3.46. The number of aromatic nitrogens is 2. The van der Waals surface area contributed by atoms with Crippen molar-refractivity contribution in [3.8, 4) is 0 Å². The lowest BCUT2D eigenvalue weighted by molar-refractivity contribution is 0.675. The first-order valence-electron chi connectivity index (χ1n) is 7.15. The van der Waals surface area contributed by atoms with Crippen LogP contribution < -0.4 is 5.32 Å². The Morgan fingerprint density at radius 3 is 3.05 bits per heavy atom. The van der Waals surface area contributed by atoms with Gasteiger partial charge in [0.05, 0.1) is 6.54 Å². The van der Waals surface area contributed by atoms with E-state index in [0.717, 1.165) is 31.7 Å². The summed E-state index contributed by atoms with van der Waals surface area (Å²) in [6.45, 7) is 4.99. The van der Waals surface area contributed by atoms with E-state index in [1.807, 2.05) is 12.3 Å². The first-order chi connectivity index (χ1) is 10.3. The molecule has 0 unspecified atom stereocenters. The van der Waals surface area contributed by atoms with Crippen molar-refractivity contribution in [3.05, 3.63) is 50.9 Å². The van der Waals surface area contributed by atoms with Crippen molar-refractivity contribution < 1.29 is 0 Å². The molecular weight excluding hydrogens is 346 g/mol. The Morgan fingerprint density at radius 1 is 1.38 bits per heavy atom. The van der Waals surface area contributed by atoms with Gasteiger partial charge in [0.2, 0.25) is 0 Å².